The van der Waals surface area contributed by atoms with Gasteiger partial charge in [-0.1, -0.05) is 25.4 Å². The normalized spacial score (nSPS) is 25.0. The third-order valence-corrected chi connectivity index (χ3v) is 4.20. The lowest BCUT2D eigenvalue weighted by Crippen LogP contribution is -2.17. The van der Waals surface area contributed by atoms with Crippen molar-refractivity contribution in [2.75, 3.05) is 0 Å². The first-order chi connectivity index (χ1) is 8.08. The van der Waals surface area contributed by atoms with Crippen LogP contribution < -0.4 is 0 Å². The molecular weight excluding hydrogens is 236 g/mol. The number of hydrogen-bond donors (Lipinski definition) is 1. The van der Waals surface area contributed by atoms with Crippen molar-refractivity contribution in [3.63, 3.8) is 0 Å². The lowest BCUT2D eigenvalue weighted by Gasteiger charge is -2.11. The van der Waals surface area contributed by atoms with Crippen molar-refractivity contribution in [2.24, 2.45) is 11.8 Å². The van der Waals surface area contributed by atoms with Crippen LogP contribution in [0.2, 0.25) is 5.02 Å². The molecule has 1 saturated carbocycles. The molecule has 2 rings (SSSR count). The summed E-state index contributed by atoms with van der Waals surface area (Å²) < 4.78 is 1.93. The lowest BCUT2D eigenvalue weighted by atomic mass is 10.1. The molecule has 0 amide bonds. The van der Waals surface area contributed by atoms with Crippen molar-refractivity contribution in [3.8, 4) is 0 Å². The summed E-state index contributed by atoms with van der Waals surface area (Å²) in [6.45, 7) is 7.10. The first-order valence-corrected chi connectivity index (χ1v) is 6.88. The van der Waals surface area contributed by atoms with Crippen molar-refractivity contribution >= 4 is 11.6 Å². The molecule has 17 heavy (non-hydrogen) atoms. The fourth-order valence-electron chi connectivity index (χ4n) is 2.45. The van der Waals surface area contributed by atoms with Crippen LogP contribution in [0.15, 0.2) is 0 Å². The number of aliphatic hydroxyl groups is 1. The van der Waals surface area contributed by atoms with Crippen molar-refractivity contribution in [1.29, 1.82) is 0 Å². The third-order valence-electron chi connectivity index (χ3n) is 3.76. The zero-order valence-corrected chi connectivity index (χ0v) is 11.5. The molecule has 1 aliphatic rings. The molecule has 3 atom stereocenters. The van der Waals surface area contributed by atoms with E-state index in [0.717, 1.165) is 35.8 Å². The Morgan fingerprint density at radius 2 is 2.18 bits per heavy atom. The molecule has 4 heteroatoms. The van der Waals surface area contributed by atoms with Gasteiger partial charge in [-0.25, -0.2) is 0 Å². The highest BCUT2D eigenvalue weighted by atomic mass is 35.5. The molecule has 1 heterocycles. The number of aromatic nitrogens is 2. The summed E-state index contributed by atoms with van der Waals surface area (Å²) >= 11 is 6.32. The molecule has 0 aliphatic heterocycles. The Morgan fingerprint density at radius 1 is 1.53 bits per heavy atom. The standard InChI is InChI=1S/C13H21ClN2O/c1-4-10-13(14)11(16(5-2)15-10)7-12(17)9-6-8(9)3/h8-9,12,17H,4-7H2,1-3H3. The maximum atomic E-state index is 10.1. The van der Waals surface area contributed by atoms with Gasteiger partial charge in [0.25, 0.3) is 0 Å². The number of aliphatic hydroxyl groups excluding tert-OH is 1. The second kappa shape index (κ2) is 4.99. The van der Waals surface area contributed by atoms with E-state index in [1.165, 1.54) is 0 Å². The Kier molecular flexibility index (Phi) is 3.79. The highest BCUT2D eigenvalue weighted by Crippen LogP contribution is 2.42. The van der Waals surface area contributed by atoms with Crippen LogP contribution in [0.3, 0.4) is 0 Å². The summed E-state index contributed by atoms with van der Waals surface area (Å²) in [5, 5.41) is 15.4. The minimum absolute atomic E-state index is 0.269. The summed E-state index contributed by atoms with van der Waals surface area (Å²) in [6.07, 6.45) is 2.34. The molecule has 0 saturated heterocycles. The van der Waals surface area contributed by atoms with Crippen LogP contribution in [-0.2, 0) is 19.4 Å². The molecule has 1 aliphatic carbocycles. The molecule has 1 aromatic heterocycles. The Bertz CT molecular complexity index is 402. The molecule has 3 unspecified atom stereocenters. The average Bonchev–Trinajstić information content (AvgIpc) is 2.97. The molecule has 1 N–H and O–H groups in total. The van der Waals surface area contributed by atoms with E-state index in [9.17, 15) is 5.11 Å². The second-order valence-electron chi connectivity index (χ2n) is 5.02. The Hall–Kier alpha value is -0.540. The molecule has 1 fully saturated rings. The largest absolute Gasteiger partial charge is 0.392 e. The fourth-order valence-corrected chi connectivity index (χ4v) is 2.79. The van der Waals surface area contributed by atoms with Gasteiger partial charge in [-0.3, -0.25) is 4.68 Å². The van der Waals surface area contributed by atoms with Gasteiger partial charge in [-0.15, -0.1) is 0 Å². The molecule has 96 valence electrons. The van der Waals surface area contributed by atoms with E-state index >= 15 is 0 Å². The number of rotatable bonds is 5. The van der Waals surface area contributed by atoms with Crippen molar-refractivity contribution in [3.05, 3.63) is 16.4 Å². The van der Waals surface area contributed by atoms with E-state index in [0.29, 0.717) is 18.3 Å². The molecule has 3 nitrogen and oxygen atoms in total. The van der Waals surface area contributed by atoms with Crippen molar-refractivity contribution < 1.29 is 5.11 Å². The fraction of sp³-hybridized carbons (Fsp3) is 0.769. The van der Waals surface area contributed by atoms with Gasteiger partial charge in [0, 0.05) is 13.0 Å². The van der Waals surface area contributed by atoms with Gasteiger partial charge < -0.3 is 5.11 Å². The van der Waals surface area contributed by atoms with Crippen LogP contribution >= 0.6 is 11.6 Å². The lowest BCUT2D eigenvalue weighted by molar-refractivity contribution is 0.143. The minimum atomic E-state index is -0.269. The topological polar surface area (TPSA) is 38.0 Å². The summed E-state index contributed by atoms with van der Waals surface area (Å²) in [4.78, 5) is 0. The van der Waals surface area contributed by atoms with Crippen LogP contribution in [0.5, 0.6) is 0 Å². The minimum Gasteiger partial charge on any atom is -0.392 e. The van der Waals surface area contributed by atoms with Gasteiger partial charge >= 0.3 is 0 Å². The van der Waals surface area contributed by atoms with Crippen molar-refractivity contribution in [2.45, 2.75) is 52.7 Å². The first kappa shape index (κ1) is 12.9. The predicted molar refractivity (Wildman–Crippen MR) is 69.3 cm³/mol. The molecule has 0 spiro atoms. The van der Waals surface area contributed by atoms with E-state index in [2.05, 4.69) is 25.9 Å². The molecule has 0 aromatic carbocycles. The van der Waals surface area contributed by atoms with Gasteiger partial charge in [-0.05, 0) is 31.6 Å². The quantitative estimate of drug-likeness (QED) is 0.880. The average molecular weight is 257 g/mol. The van der Waals surface area contributed by atoms with Crippen LogP contribution in [0.4, 0.5) is 0 Å². The van der Waals surface area contributed by atoms with E-state index < -0.39 is 0 Å². The number of hydrogen-bond acceptors (Lipinski definition) is 2. The Balaban J connectivity index is 2.16. The van der Waals surface area contributed by atoms with Gasteiger partial charge in [0.1, 0.15) is 0 Å². The van der Waals surface area contributed by atoms with Crippen molar-refractivity contribution in [1.82, 2.24) is 9.78 Å². The summed E-state index contributed by atoms with van der Waals surface area (Å²) in [7, 11) is 0. The highest BCUT2D eigenvalue weighted by Gasteiger charge is 2.39. The molecular formula is C13H21ClN2O. The second-order valence-corrected chi connectivity index (χ2v) is 5.40. The summed E-state index contributed by atoms with van der Waals surface area (Å²) in [5.41, 5.74) is 1.94. The predicted octanol–water partition coefficient (Wildman–Crippen LogP) is 2.68. The molecule has 1 aromatic rings. The number of halogens is 1. The zero-order valence-electron chi connectivity index (χ0n) is 10.8. The zero-order chi connectivity index (χ0) is 12.6. The highest BCUT2D eigenvalue weighted by molar-refractivity contribution is 6.31. The summed E-state index contributed by atoms with van der Waals surface area (Å²) in [6, 6.07) is 0. The SMILES string of the molecule is CCc1nn(CC)c(CC(O)C2CC2C)c1Cl. The summed E-state index contributed by atoms with van der Waals surface area (Å²) in [5.74, 6) is 1.11. The van der Waals surface area contributed by atoms with Crippen LogP contribution in [-0.4, -0.2) is 21.0 Å². The first-order valence-electron chi connectivity index (χ1n) is 6.50. The van der Waals surface area contributed by atoms with Gasteiger partial charge in [-0.2, -0.15) is 5.10 Å². The Labute approximate surface area is 108 Å². The third kappa shape index (κ3) is 2.50. The number of aryl methyl sites for hydroxylation is 2. The van der Waals surface area contributed by atoms with Crippen LogP contribution in [0, 0.1) is 11.8 Å². The maximum Gasteiger partial charge on any atom is 0.0850 e. The van der Waals surface area contributed by atoms with Crippen LogP contribution in [0.1, 0.15) is 38.6 Å². The van der Waals surface area contributed by atoms with E-state index in [1.54, 1.807) is 0 Å². The molecule has 0 radical (unpaired) electrons. The van der Waals surface area contributed by atoms with E-state index in [4.69, 9.17) is 11.6 Å². The maximum absolute atomic E-state index is 10.1. The van der Waals surface area contributed by atoms with Gasteiger partial charge in [0.2, 0.25) is 0 Å². The van der Waals surface area contributed by atoms with Crippen LogP contribution in [0.25, 0.3) is 0 Å². The monoisotopic (exact) mass is 256 g/mol. The van der Waals surface area contributed by atoms with Gasteiger partial charge in [0.05, 0.1) is 22.5 Å². The van der Waals surface area contributed by atoms with Gasteiger partial charge in [0.15, 0.2) is 0 Å². The smallest absolute Gasteiger partial charge is 0.0850 e. The van der Waals surface area contributed by atoms with E-state index in [1.807, 2.05) is 4.68 Å². The number of nitrogens with zero attached hydrogens (tertiary/aromatic N) is 2. The molecule has 0 bridgehead atoms. The van der Waals surface area contributed by atoms with E-state index in [-0.39, 0.29) is 6.10 Å². The Morgan fingerprint density at radius 3 is 2.65 bits per heavy atom.